The number of para-hydroxylation sites is 1. The number of benzene rings is 2. The van der Waals surface area contributed by atoms with Crippen molar-refractivity contribution in [3.63, 3.8) is 0 Å². The number of aromatic amines is 1. The van der Waals surface area contributed by atoms with Gasteiger partial charge in [-0.3, -0.25) is 92.9 Å². The summed E-state index contributed by atoms with van der Waals surface area (Å²) in [6.45, 7) is 5.80. The third-order valence-electron chi connectivity index (χ3n) is 18.3. The number of carboxylic acids is 1. The maximum atomic E-state index is 14.9. The third-order valence-corrected chi connectivity index (χ3v) is 19.0. The number of H-pyrrole nitrogens is 1. The van der Waals surface area contributed by atoms with Crippen molar-refractivity contribution in [3.05, 3.63) is 71.9 Å². The Kier molecular flexibility index (Phi) is 44.8. The zero-order valence-corrected chi connectivity index (χ0v) is 67.8. The summed E-state index contributed by atoms with van der Waals surface area (Å²) in [6.07, 6.45) is 0.311. The van der Waals surface area contributed by atoms with Crippen LogP contribution in [-0.4, -0.2) is 233 Å². The highest BCUT2D eigenvalue weighted by Crippen LogP contribution is 2.21. The quantitative estimate of drug-likeness (QED) is 0.0142. The smallest absolute Gasteiger partial charge is 0.303 e. The average Bonchev–Trinajstić information content (AvgIpc) is 1.69. The van der Waals surface area contributed by atoms with Crippen LogP contribution in [0, 0.1) is 22.1 Å². The van der Waals surface area contributed by atoms with Crippen LogP contribution in [0.25, 0.3) is 10.9 Å². The number of carbonyl (C=O) groups excluding carboxylic acids is 15. The minimum Gasteiger partial charge on any atom is -0.481 e. The van der Waals surface area contributed by atoms with Gasteiger partial charge >= 0.3 is 5.97 Å². The molecule has 43 nitrogen and oxygen atoms in total. The molecule has 3 rings (SSSR count). The van der Waals surface area contributed by atoms with Crippen molar-refractivity contribution in [3.8, 4) is 0 Å². The molecule has 44 heteroatoms. The van der Waals surface area contributed by atoms with E-state index in [1.165, 1.54) is 25.6 Å². The van der Waals surface area contributed by atoms with Gasteiger partial charge in [0.05, 0.1) is 0 Å². The maximum Gasteiger partial charge on any atom is 0.303 e. The van der Waals surface area contributed by atoms with Gasteiger partial charge in [-0.15, -0.1) is 0 Å². The number of carboxylic acid groups (broad SMARTS) is 1. The molecule has 118 heavy (non-hydrogen) atoms. The zero-order chi connectivity index (χ0) is 88.1. The Morgan fingerprint density at radius 2 is 0.788 bits per heavy atom. The molecule has 0 bridgehead atoms. The molecule has 6 unspecified atom stereocenters. The molecule has 1 aromatic heterocycles. The lowest BCUT2D eigenvalue weighted by Crippen LogP contribution is -2.61. The van der Waals surface area contributed by atoms with Crippen molar-refractivity contribution in [2.45, 2.75) is 216 Å². The van der Waals surface area contributed by atoms with Gasteiger partial charge in [0.2, 0.25) is 88.6 Å². The number of hydrogen-bond acceptors (Lipinski definition) is 21. The lowest BCUT2D eigenvalue weighted by molar-refractivity contribution is -0.138. The number of nitrogens with one attached hydrogen (secondary N) is 19. The van der Waals surface area contributed by atoms with E-state index in [1.807, 2.05) is 0 Å². The van der Waals surface area contributed by atoms with Crippen LogP contribution in [0.5, 0.6) is 0 Å². The molecular weight excluding hydrogens is 1560 g/mol. The van der Waals surface area contributed by atoms with Gasteiger partial charge in [0, 0.05) is 75.8 Å². The monoisotopic (exact) mass is 1670 g/mol. The Morgan fingerprint density at radius 1 is 0.415 bits per heavy atom. The van der Waals surface area contributed by atoms with Crippen molar-refractivity contribution in [1.82, 2.24) is 84.7 Å². The molecule has 652 valence electrons. The highest BCUT2D eigenvalue weighted by Gasteiger charge is 2.38. The summed E-state index contributed by atoms with van der Waals surface area (Å²) >= 11 is 1.28. The summed E-state index contributed by atoms with van der Waals surface area (Å²) in [5.74, 6) is -16.9. The van der Waals surface area contributed by atoms with Gasteiger partial charge in [0.15, 0.2) is 17.9 Å². The van der Waals surface area contributed by atoms with Crippen molar-refractivity contribution < 1.29 is 81.8 Å². The molecule has 3 aromatic rings. The number of aromatic nitrogens is 1. The van der Waals surface area contributed by atoms with E-state index >= 15 is 0 Å². The van der Waals surface area contributed by atoms with E-state index in [1.54, 1.807) is 80.9 Å². The van der Waals surface area contributed by atoms with Crippen molar-refractivity contribution >= 4 is 135 Å². The molecule has 0 radical (unpaired) electrons. The fourth-order valence-electron chi connectivity index (χ4n) is 12.0. The topological polar surface area (TPSA) is 743 Å². The number of guanidine groups is 3. The van der Waals surface area contributed by atoms with E-state index in [0.29, 0.717) is 28.5 Å². The van der Waals surface area contributed by atoms with Crippen molar-refractivity contribution in [2.24, 2.45) is 46.1 Å². The van der Waals surface area contributed by atoms with Crippen molar-refractivity contribution in [2.75, 3.05) is 38.2 Å². The Morgan fingerprint density at radius 3 is 1.21 bits per heavy atom. The largest absolute Gasteiger partial charge is 0.481 e. The lowest BCUT2D eigenvalue weighted by atomic mass is 10.00. The number of thioether (sulfide) groups is 1. The molecule has 0 aliphatic rings. The Labute approximate surface area is 686 Å². The highest BCUT2D eigenvalue weighted by atomic mass is 32.2. The highest BCUT2D eigenvalue weighted by molar-refractivity contribution is 7.98. The number of rotatable bonds is 57. The number of amides is 15. The maximum absolute atomic E-state index is 14.9. The number of nitrogens with two attached hydrogens (primary N) is 7. The molecule has 0 spiro atoms. The number of primary amides is 3. The van der Waals surface area contributed by atoms with Gasteiger partial charge in [0.25, 0.3) is 0 Å². The van der Waals surface area contributed by atoms with Crippen LogP contribution < -0.4 is 120 Å². The van der Waals surface area contributed by atoms with Crippen LogP contribution in [0.15, 0.2) is 60.8 Å². The van der Waals surface area contributed by atoms with Crippen LogP contribution >= 0.6 is 11.8 Å². The first-order valence-corrected chi connectivity index (χ1v) is 39.9. The fourth-order valence-corrected chi connectivity index (χ4v) is 12.5. The molecule has 2 aromatic carbocycles. The van der Waals surface area contributed by atoms with Gasteiger partial charge in [-0.25, -0.2) is 0 Å². The molecule has 34 N–H and O–H groups in total. The molecule has 0 aliphatic carbocycles. The second-order valence-electron chi connectivity index (χ2n) is 28.4. The standard InChI is InChI=1S/C74H118N26O17S/c1-39(2)59(71(117)98-50(23-15-34-87-74(83)84)63(109)91-46(60(78)106)26-29-58(104)105)100-68(114)47(20-11-12-31-75)93-64(110)49(22-14-33-86-73(81)82)95-67(113)53(30-35-118-5)92-61(107)40(3)89-62(108)48(21-13-32-85-72(79)80)94-65(111)51(24-27-56(76)102)97-70(116)55(37-43-38-88-45-19-10-9-18-44(43)45)99-66(112)52(25-28-57(77)103)96-69(115)54(90-41(4)101)36-42-16-7-6-8-17-42/h6-10,16-19,38-40,46-55,59,88H,11-15,20-37,75H2,1-5H3,(H2,76,102)(H2,77,103)(H2,78,106)(H,89,108)(H,90,101)(H,91,109)(H,92,107)(H,93,110)(H,94,111)(H,95,113)(H,96,115)(H,97,116)(H,98,117)(H,99,112)(H,100,114)(H,104,105)(H4,79,80,85)(H4,81,82,86)(H4,83,84,87)/t40-,46-,47?,48?,49-,50?,51-,52-,53?,54?,55?,59-/m0/s1. The van der Waals surface area contributed by atoms with E-state index in [9.17, 15) is 81.8 Å². The van der Waals surface area contributed by atoms with Gasteiger partial charge in [-0.2, -0.15) is 11.8 Å². The van der Waals surface area contributed by atoms with Crippen LogP contribution in [0.2, 0.25) is 0 Å². The molecule has 0 aliphatic heterocycles. The Hall–Kier alpha value is -12.4. The summed E-state index contributed by atoms with van der Waals surface area (Å²) in [5, 5.41) is 71.5. The summed E-state index contributed by atoms with van der Waals surface area (Å²) in [7, 11) is 0. The Balaban J connectivity index is 2.00. The van der Waals surface area contributed by atoms with Gasteiger partial charge in [0.1, 0.15) is 72.5 Å². The Bertz CT molecular complexity index is 3950. The number of fused-ring (bicyclic) bond motifs is 1. The normalized spacial score (nSPS) is 14.0. The predicted molar refractivity (Wildman–Crippen MR) is 438 cm³/mol. The van der Waals surface area contributed by atoms with E-state index in [0.717, 1.165) is 0 Å². The second kappa shape index (κ2) is 53.0. The van der Waals surface area contributed by atoms with E-state index in [4.69, 9.17) is 56.4 Å². The lowest BCUT2D eigenvalue weighted by Gasteiger charge is -2.29. The van der Waals surface area contributed by atoms with Gasteiger partial charge in [-0.1, -0.05) is 62.4 Å². The number of unbranched alkanes of at least 4 members (excludes halogenated alkanes) is 1. The number of aliphatic carboxylic acids is 1. The van der Waals surface area contributed by atoms with Gasteiger partial charge < -0.3 is 130 Å². The zero-order valence-electron chi connectivity index (χ0n) is 67.0. The first-order chi connectivity index (χ1) is 55.8. The first-order valence-electron chi connectivity index (χ1n) is 38.5. The molecule has 0 saturated carbocycles. The SMILES string of the molecule is CSCCC(NC(=O)[C@H](C)NC(=O)C(CCCNC(=N)N)NC(=O)[C@H](CCC(N)=O)NC(=O)C(Cc1c[nH]c2ccccc12)NC(=O)[C@H](CCC(N)=O)NC(=O)C(Cc1ccccc1)NC(C)=O)C(=O)N[C@@H](CCCNC(=N)N)C(=O)NC(CCCCN)C(=O)N[C@H](C(=O)NC(CCCNC(=N)N)C(=O)N[C@@H](CCC(=O)O)C(N)=O)C(C)C. The molecule has 0 fully saturated rings. The minimum atomic E-state index is -1.72. The second-order valence-corrected chi connectivity index (χ2v) is 29.4. The van der Waals surface area contributed by atoms with Crippen LogP contribution in [0.3, 0.4) is 0 Å². The molecule has 1 heterocycles. The predicted octanol–water partition coefficient (Wildman–Crippen LogP) is -5.98. The van der Waals surface area contributed by atoms with E-state index < -0.39 is 211 Å². The molecule has 12 atom stereocenters. The third kappa shape index (κ3) is 38.4. The average molecular weight is 1680 g/mol. The van der Waals surface area contributed by atoms with Crippen LogP contribution in [0.1, 0.15) is 142 Å². The molecule has 0 saturated heterocycles. The van der Waals surface area contributed by atoms with Gasteiger partial charge in [-0.05, 0) is 132 Å². The molecular formula is C74H118N26O17S. The van der Waals surface area contributed by atoms with E-state index in [-0.39, 0.29) is 121 Å². The number of hydrogen-bond donors (Lipinski definition) is 27. The van der Waals surface area contributed by atoms with Crippen molar-refractivity contribution in [1.29, 1.82) is 16.2 Å². The van der Waals surface area contributed by atoms with Crippen LogP contribution in [0.4, 0.5) is 0 Å². The fraction of sp³-hybridized carbons (Fsp3) is 0.554. The number of carbonyl (C=O) groups is 16. The summed E-state index contributed by atoms with van der Waals surface area (Å²) in [5.41, 5.74) is 40.7. The first kappa shape index (κ1) is 99.8. The van der Waals surface area contributed by atoms with E-state index in [2.05, 4.69) is 84.7 Å². The minimum absolute atomic E-state index is 0.0127. The van der Waals surface area contributed by atoms with Crippen LogP contribution in [-0.2, 0) is 89.6 Å². The summed E-state index contributed by atoms with van der Waals surface area (Å²) in [6, 6.07) is -2.33. The summed E-state index contributed by atoms with van der Waals surface area (Å²) < 4.78 is 0. The summed E-state index contributed by atoms with van der Waals surface area (Å²) in [4.78, 5) is 223. The molecule has 15 amide bonds.